The molecule has 0 bridgehead atoms. The second-order valence-corrected chi connectivity index (χ2v) is 7.34. The summed E-state index contributed by atoms with van der Waals surface area (Å²) in [5.41, 5.74) is 0. The van der Waals surface area contributed by atoms with Crippen LogP contribution in [0.2, 0.25) is 0 Å². The highest BCUT2D eigenvalue weighted by molar-refractivity contribution is 7.47. The smallest absolute Gasteiger partial charge is 0.301 e. The molecule has 6 heteroatoms. The van der Waals surface area contributed by atoms with Gasteiger partial charge in [0.15, 0.2) is 0 Å². The minimum absolute atomic E-state index is 0.145. The van der Waals surface area contributed by atoms with Crippen molar-refractivity contribution in [3.05, 3.63) is 0 Å². The van der Waals surface area contributed by atoms with Gasteiger partial charge in [-0.25, -0.2) is 9.82 Å². The van der Waals surface area contributed by atoms with Crippen LogP contribution in [-0.2, 0) is 13.8 Å². The van der Waals surface area contributed by atoms with Crippen molar-refractivity contribution in [2.24, 2.45) is 0 Å². The Bertz CT molecular complexity index is 273. The molecule has 22 heavy (non-hydrogen) atoms. The van der Waals surface area contributed by atoms with E-state index in [4.69, 9.17) is 10.2 Å². The van der Waals surface area contributed by atoms with Gasteiger partial charge in [-0.1, -0.05) is 90.4 Å². The maximum absolute atomic E-state index is 10.8. The minimum Gasteiger partial charge on any atom is -0.301 e. The molecule has 0 aliphatic heterocycles. The molecule has 0 fully saturated rings. The number of hydrogen-bond acceptors (Lipinski definition) is 4. The van der Waals surface area contributed by atoms with E-state index in [9.17, 15) is 4.57 Å². The Hall–Kier alpha value is 0.0700. The summed E-state index contributed by atoms with van der Waals surface area (Å²) in [4.78, 5) is 8.79. The summed E-state index contributed by atoms with van der Waals surface area (Å²) < 4.78 is 18.6. The van der Waals surface area contributed by atoms with Crippen LogP contribution in [0.25, 0.3) is 0 Å². The van der Waals surface area contributed by atoms with Gasteiger partial charge in [0.1, 0.15) is 0 Å². The molecule has 5 nitrogen and oxygen atoms in total. The molecule has 0 saturated carbocycles. The van der Waals surface area contributed by atoms with Gasteiger partial charge >= 0.3 is 7.82 Å². The van der Waals surface area contributed by atoms with Crippen molar-refractivity contribution < 1.29 is 23.9 Å². The van der Waals surface area contributed by atoms with Crippen LogP contribution in [0.4, 0.5) is 0 Å². The average Bonchev–Trinajstić information content (AvgIpc) is 2.51. The van der Waals surface area contributed by atoms with Crippen molar-refractivity contribution in [3.63, 3.8) is 0 Å². The number of hydrogen-bond donors (Lipinski definition) is 2. The van der Waals surface area contributed by atoms with Crippen LogP contribution >= 0.6 is 7.82 Å². The first-order valence-electron chi connectivity index (χ1n) is 8.93. The molecule has 0 aromatic rings. The van der Waals surface area contributed by atoms with Crippen molar-refractivity contribution in [2.75, 3.05) is 6.61 Å². The van der Waals surface area contributed by atoms with E-state index in [0.29, 0.717) is 6.42 Å². The zero-order valence-corrected chi connectivity index (χ0v) is 15.1. The zero-order valence-electron chi connectivity index (χ0n) is 14.2. The molecule has 2 N–H and O–H groups in total. The van der Waals surface area contributed by atoms with Gasteiger partial charge in [0.2, 0.25) is 0 Å². The van der Waals surface area contributed by atoms with Crippen LogP contribution in [0.1, 0.15) is 96.8 Å². The van der Waals surface area contributed by atoms with E-state index in [-0.39, 0.29) is 6.61 Å². The molecule has 0 spiro atoms. The predicted molar refractivity (Wildman–Crippen MR) is 89.8 cm³/mol. The van der Waals surface area contributed by atoms with Gasteiger partial charge in [0, 0.05) is 0 Å². The maximum Gasteiger partial charge on any atom is 0.499 e. The van der Waals surface area contributed by atoms with Crippen LogP contribution in [0.5, 0.6) is 0 Å². The zero-order chi connectivity index (χ0) is 16.5. The summed E-state index contributed by atoms with van der Waals surface area (Å²) in [5.74, 6) is 0. The van der Waals surface area contributed by atoms with Crippen LogP contribution < -0.4 is 0 Å². The normalized spacial score (nSPS) is 14.1. The third-order valence-corrected chi connectivity index (χ3v) is 4.57. The Morgan fingerprint density at radius 1 is 0.727 bits per heavy atom. The van der Waals surface area contributed by atoms with Crippen LogP contribution in [0, 0.1) is 0 Å². The highest BCUT2D eigenvalue weighted by Gasteiger charge is 2.19. The van der Waals surface area contributed by atoms with Crippen molar-refractivity contribution >= 4 is 7.82 Å². The molecule has 0 heterocycles. The minimum atomic E-state index is -4.20. The van der Waals surface area contributed by atoms with Crippen molar-refractivity contribution in [1.29, 1.82) is 0 Å². The molecule has 0 aliphatic rings. The molecule has 0 aromatic heterocycles. The largest absolute Gasteiger partial charge is 0.499 e. The number of unbranched alkanes of at least 4 members (excludes halogenated alkanes) is 13. The summed E-state index contributed by atoms with van der Waals surface area (Å²) in [6, 6.07) is 0. The monoisotopic (exact) mass is 338 g/mol. The Kier molecular flexibility index (Phi) is 16.0. The van der Waals surface area contributed by atoms with Crippen LogP contribution in [-0.4, -0.2) is 16.8 Å². The molecule has 134 valence electrons. The third-order valence-electron chi connectivity index (χ3n) is 3.86. The molecule has 0 radical (unpaired) electrons. The Labute approximate surface area is 136 Å². The van der Waals surface area contributed by atoms with Gasteiger partial charge in [0.05, 0.1) is 6.61 Å². The molecular formula is C16H35O5P. The summed E-state index contributed by atoms with van der Waals surface area (Å²) >= 11 is 0. The molecular weight excluding hydrogens is 303 g/mol. The molecule has 0 amide bonds. The fourth-order valence-electron chi connectivity index (χ4n) is 2.50. The van der Waals surface area contributed by atoms with E-state index in [1.807, 2.05) is 0 Å². The summed E-state index contributed by atoms with van der Waals surface area (Å²) in [6.45, 7) is 2.40. The first-order chi connectivity index (χ1) is 10.6. The summed E-state index contributed by atoms with van der Waals surface area (Å²) in [7, 11) is -4.20. The van der Waals surface area contributed by atoms with Gasteiger partial charge in [-0.05, 0) is 6.42 Å². The number of rotatable bonds is 17. The van der Waals surface area contributed by atoms with Gasteiger partial charge in [-0.15, -0.1) is 4.67 Å². The van der Waals surface area contributed by atoms with Crippen molar-refractivity contribution in [1.82, 2.24) is 0 Å². The van der Waals surface area contributed by atoms with Crippen molar-refractivity contribution in [3.8, 4) is 0 Å². The lowest BCUT2D eigenvalue weighted by atomic mass is 10.0. The quantitative estimate of drug-likeness (QED) is 0.146. The summed E-state index contributed by atoms with van der Waals surface area (Å²) in [6.07, 6.45) is 17.6. The Balaban J connectivity index is 3.07. The predicted octanol–water partition coefficient (Wildman–Crippen LogP) is 6.07. The molecule has 0 rings (SSSR count). The Morgan fingerprint density at radius 2 is 1.09 bits per heavy atom. The fourth-order valence-corrected chi connectivity index (χ4v) is 2.91. The number of phosphoric acid groups is 1. The fraction of sp³-hybridized carbons (Fsp3) is 1.00. The molecule has 0 aliphatic carbocycles. The van der Waals surface area contributed by atoms with E-state index >= 15 is 0 Å². The van der Waals surface area contributed by atoms with Crippen LogP contribution in [0.15, 0.2) is 0 Å². The summed E-state index contributed by atoms with van der Waals surface area (Å²) in [5, 5.41) is 8.07. The van der Waals surface area contributed by atoms with Gasteiger partial charge in [-0.3, -0.25) is 4.52 Å². The van der Waals surface area contributed by atoms with Gasteiger partial charge in [-0.2, -0.15) is 0 Å². The van der Waals surface area contributed by atoms with Gasteiger partial charge < -0.3 is 4.89 Å². The first kappa shape index (κ1) is 22.1. The lowest BCUT2D eigenvalue weighted by Crippen LogP contribution is -1.94. The molecule has 1 atom stereocenters. The first-order valence-corrected chi connectivity index (χ1v) is 10.4. The highest BCUT2D eigenvalue weighted by atomic mass is 31.2. The second kappa shape index (κ2) is 15.9. The third kappa shape index (κ3) is 16.4. The SMILES string of the molecule is CCCCCCCCCCCCCCCCOP(=O)(O)OO. The average molecular weight is 338 g/mol. The second-order valence-electron chi connectivity index (χ2n) is 5.98. The Morgan fingerprint density at radius 3 is 1.45 bits per heavy atom. The van der Waals surface area contributed by atoms with E-state index in [2.05, 4.69) is 16.1 Å². The van der Waals surface area contributed by atoms with Crippen LogP contribution in [0.3, 0.4) is 0 Å². The standard InChI is InChI=1S/C16H35O5P/c1-2-3-4-5-6-7-8-9-10-11-12-13-14-15-16-20-22(18,19)21-17/h17H,2-16H2,1H3,(H,18,19). The highest BCUT2D eigenvalue weighted by Crippen LogP contribution is 2.41. The molecule has 1 unspecified atom stereocenters. The topological polar surface area (TPSA) is 76.0 Å². The van der Waals surface area contributed by atoms with Crippen molar-refractivity contribution in [2.45, 2.75) is 96.8 Å². The van der Waals surface area contributed by atoms with Gasteiger partial charge in [0.25, 0.3) is 0 Å². The van der Waals surface area contributed by atoms with E-state index in [0.717, 1.165) is 12.8 Å². The van der Waals surface area contributed by atoms with E-state index in [1.165, 1.54) is 70.6 Å². The van der Waals surface area contributed by atoms with E-state index < -0.39 is 7.82 Å². The number of phosphoric ester groups is 1. The molecule has 0 aromatic carbocycles. The van der Waals surface area contributed by atoms with E-state index in [1.54, 1.807) is 0 Å². The maximum atomic E-state index is 10.8. The lowest BCUT2D eigenvalue weighted by Gasteiger charge is -2.07. The lowest BCUT2D eigenvalue weighted by molar-refractivity contribution is -0.162. The molecule has 0 saturated heterocycles.